The maximum absolute atomic E-state index is 13.2. The molecule has 0 unspecified atom stereocenters. The predicted molar refractivity (Wildman–Crippen MR) is 138 cm³/mol. The number of para-hydroxylation sites is 2. The molecule has 0 spiro atoms. The van der Waals surface area contributed by atoms with Crippen LogP contribution in [0.15, 0.2) is 67.3 Å². The second-order valence-electron chi connectivity index (χ2n) is 8.57. The molecular weight excluding hydrogens is 456 g/mol. The van der Waals surface area contributed by atoms with Gasteiger partial charge in [-0.15, -0.1) is 0 Å². The van der Waals surface area contributed by atoms with Crippen molar-refractivity contribution in [1.82, 2.24) is 19.5 Å². The van der Waals surface area contributed by atoms with E-state index in [0.717, 1.165) is 45.3 Å². The molecule has 1 aliphatic rings. The molecule has 0 bridgehead atoms. The fourth-order valence-electron chi connectivity index (χ4n) is 4.73. The zero-order chi connectivity index (χ0) is 24.6. The van der Waals surface area contributed by atoms with E-state index in [-0.39, 0.29) is 12.5 Å². The number of benzene rings is 3. The lowest BCUT2D eigenvalue weighted by molar-refractivity contribution is -0.119. The van der Waals surface area contributed by atoms with Crippen LogP contribution in [0.5, 0.6) is 11.5 Å². The second-order valence-corrected chi connectivity index (χ2v) is 8.57. The van der Waals surface area contributed by atoms with Crippen molar-refractivity contribution in [2.75, 3.05) is 31.0 Å². The molecule has 180 valence electrons. The van der Waals surface area contributed by atoms with Gasteiger partial charge in [0.05, 0.1) is 37.1 Å². The van der Waals surface area contributed by atoms with Crippen LogP contribution < -0.4 is 19.7 Å². The van der Waals surface area contributed by atoms with Gasteiger partial charge in [-0.1, -0.05) is 12.1 Å². The van der Waals surface area contributed by atoms with E-state index in [2.05, 4.69) is 26.3 Å². The first-order valence-corrected chi connectivity index (χ1v) is 11.6. The lowest BCUT2D eigenvalue weighted by atomic mass is 10.1. The molecule has 1 amide bonds. The molecule has 0 radical (unpaired) electrons. The van der Waals surface area contributed by atoms with Gasteiger partial charge < -0.3 is 24.3 Å². The Hall–Kier alpha value is -4.66. The second kappa shape index (κ2) is 8.84. The molecule has 36 heavy (non-hydrogen) atoms. The smallest absolute Gasteiger partial charge is 0.246 e. The summed E-state index contributed by atoms with van der Waals surface area (Å²) < 4.78 is 12.7. The minimum absolute atomic E-state index is 0.0421. The number of ether oxygens (including phenoxy) is 2. The van der Waals surface area contributed by atoms with Gasteiger partial charge in [0.15, 0.2) is 11.5 Å². The highest BCUT2D eigenvalue weighted by Gasteiger charge is 2.25. The van der Waals surface area contributed by atoms with Crippen LogP contribution in [0.3, 0.4) is 0 Å². The van der Waals surface area contributed by atoms with Crippen molar-refractivity contribution in [3.63, 3.8) is 0 Å². The average Bonchev–Trinajstić information content (AvgIpc) is 3.52. The summed E-state index contributed by atoms with van der Waals surface area (Å²) in [5.74, 6) is 1.93. The molecule has 1 aliphatic heterocycles. The Bertz CT molecular complexity index is 1610. The van der Waals surface area contributed by atoms with Crippen LogP contribution in [-0.4, -0.2) is 46.2 Å². The first-order chi connectivity index (χ1) is 17.6. The highest BCUT2D eigenvalue weighted by Crippen LogP contribution is 2.36. The highest BCUT2D eigenvalue weighted by molar-refractivity contribution is 5.97. The number of hydrogen-bond donors (Lipinski definition) is 1. The zero-order valence-corrected chi connectivity index (χ0v) is 19.9. The Balaban J connectivity index is 1.24. The van der Waals surface area contributed by atoms with Gasteiger partial charge in [0.1, 0.15) is 18.7 Å². The van der Waals surface area contributed by atoms with Crippen LogP contribution >= 0.6 is 0 Å². The normalized spacial score (nSPS) is 12.7. The summed E-state index contributed by atoms with van der Waals surface area (Å²) >= 11 is 0. The number of imidazole rings is 1. The Morgan fingerprint density at radius 2 is 1.81 bits per heavy atom. The van der Waals surface area contributed by atoms with Crippen LogP contribution in [0.4, 0.5) is 17.2 Å². The standard InChI is InChI=1S/C27H24N6O3/c1-35-24-12-19-21(13-25(24)36-2)28-15-29-27(19)31-18-7-8-22-17(11-18)9-10-33(22)26(34)14-32-16-30-20-5-3-4-6-23(20)32/h3-8,11-13,15-16H,9-10,14H2,1-2H3,(H,28,29,31). The fraction of sp³-hybridized carbons (Fsp3) is 0.185. The molecule has 0 saturated carbocycles. The van der Waals surface area contributed by atoms with E-state index in [1.54, 1.807) is 20.5 Å². The minimum Gasteiger partial charge on any atom is -0.493 e. The average molecular weight is 481 g/mol. The third-order valence-electron chi connectivity index (χ3n) is 6.51. The van der Waals surface area contributed by atoms with Gasteiger partial charge in [0.25, 0.3) is 0 Å². The van der Waals surface area contributed by atoms with Crippen molar-refractivity contribution >= 4 is 45.0 Å². The van der Waals surface area contributed by atoms with Gasteiger partial charge in [-0.3, -0.25) is 4.79 Å². The van der Waals surface area contributed by atoms with E-state index < -0.39 is 0 Å². The van der Waals surface area contributed by atoms with E-state index in [1.165, 1.54) is 6.33 Å². The Labute approximate surface area is 207 Å². The molecular formula is C27H24N6O3. The number of anilines is 3. The molecule has 0 atom stereocenters. The van der Waals surface area contributed by atoms with E-state index >= 15 is 0 Å². The summed E-state index contributed by atoms with van der Waals surface area (Å²) in [6.45, 7) is 0.899. The van der Waals surface area contributed by atoms with E-state index in [4.69, 9.17) is 9.47 Å². The minimum atomic E-state index is 0.0421. The molecule has 9 heteroatoms. The van der Waals surface area contributed by atoms with Crippen molar-refractivity contribution < 1.29 is 14.3 Å². The number of rotatable bonds is 6. The molecule has 5 aromatic rings. The first-order valence-electron chi connectivity index (χ1n) is 11.6. The predicted octanol–water partition coefficient (Wildman–Crippen LogP) is 4.33. The number of hydrogen-bond acceptors (Lipinski definition) is 7. The van der Waals surface area contributed by atoms with Gasteiger partial charge in [0, 0.05) is 29.4 Å². The van der Waals surface area contributed by atoms with Crippen LogP contribution in [0, 0.1) is 0 Å². The molecule has 0 saturated heterocycles. The van der Waals surface area contributed by atoms with Crippen LogP contribution in [0.1, 0.15) is 5.56 Å². The third kappa shape index (κ3) is 3.74. The summed E-state index contributed by atoms with van der Waals surface area (Å²) in [5, 5.41) is 4.22. The molecule has 3 heterocycles. The van der Waals surface area contributed by atoms with Crippen molar-refractivity contribution in [3.05, 3.63) is 72.8 Å². The van der Waals surface area contributed by atoms with Crippen LogP contribution in [0.2, 0.25) is 0 Å². The number of carbonyl (C=O) groups is 1. The monoisotopic (exact) mass is 480 g/mol. The molecule has 9 nitrogen and oxygen atoms in total. The topological polar surface area (TPSA) is 94.4 Å². The molecule has 6 rings (SSSR count). The van der Waals surface area contributed by atoms with Gasteiger partial charge >= 0.3 is 0 Å². The van der Waals surface area contributed by atoms with Crippen molar-refractivity contribution in [1.29, 1.82) is 0 Å². The number of aromatic nitrogens is 4. The van der Waals surface area contributed by atoms with Crippen molar-refractivity contribution in [2.24, 2.45) is 0 Å². The summed E-state index contributed by atoms with van der Waals surface area (Å²) in [6, 6.07) is 17.6. The third-order valence-corrected chi connectivity index (χ3v) is 6.51. The van der Waals surface area contributed by atoms with Gasteiger partial charge in [-0.25, -0.2) is 15.0 Å². The first kappa shape index (κ1) is 21.8. The van der Waals surface area contributed by atoms with Gasteiger partial charge in [-0.05, 0) is 48.4 Å². The number of carbonyl (C=O) groups excluding carboxylic acids is 1. The van der Waals surface area contributed by atoms with E-state index in [9.17, 15) is 4.79 Å². The van der Waals surface area contributed by atoms with Gasteiger partial charge in [-0.2, -0.15) is 0 Å². The summed E-state index contributed by atoms with van der Waals surface area (Å²) in [5.41, 5.74) is 5.52. The van der Waals surface area contributed by atoms with E-state index in [0.29, 0.717) is 23.9 Å². The largest absolute Gasteiger partial charge is 0.493 e. The highest BCUT2D eigenvalue weighted by atomic mass is 16.5. The molecule has 1 N–H and O–H groups in total. The number of nitrogens with one attached hydrogen (secondary N) is 1. The number of nitrogens with zero attached hydrogens (tertiary/aromatic N) is 5. The molecule has 2 aromatic heterocycles. The molecule has 0 aliphatic carbocycles. The van der Waals surface area contributed by atoms with Crippen LogP contribution in [0.25, 0.3) is 21.9 Å². The number of methoxy groups -OCH3 is 2. The van der Waals surface area contributed by atoms with Gasteiger partial charge in [0.2, 0.25) is 5.91 Å². The van der Waals surface area contributed by atoms with Crippen molar-refractivity contribution in [2.45, 2.75) is 13.0 Å². The quantitative estimate of drug-likeness (QED) is 0.387. The Morgan fingerprint density at radius 1 is 0.972 bits per heavy atom. The SMILES string of the molecule is COc1cc2ncnc(Nc3ccc4c(c3)CCN4C(=O)Cn3cnc4ccccc43)c2cc1OC. The lowest BCUT2D eigenvalue weighted by Gasteiger charge is -2.18. The fourth-order valence-corrected chi connectivity index (χ4v) is 4.73. The number of amides is 1. The summed E-state index contributed by atoms with van der Waals surface area (Å²) in [7, 11) is 3.20. The molecule has 0 fully saturated rings. The molecule has 3 aromatic carbocycles. The number of fused-ring (bicyclic) bond motifs is 3. The zero-order valence-electron chi connectivity index (χ0n) is 19.9. The maximum Gasteiger partial charge on any atom is 0.246 e. The van der Waals surface area contributed by atoms with Crippen molar-refractivity contribution in [3.8, 4) is 11.5 Å². The maximum atomic E-state index is 13.2. The Kier molecular flexibility index (Phi) is 5.37. The van der Waals surface area contributed by atoms with E-state index in [1.807, 2.05) is 58.0 Å². The van der Waals surface area contributed by atoms with Crippen LogP contribution in [-0.2, 0) is 17.8 Å². The summed E-state index contributed by atoms with van der Waals surface area (Å²) in [4.78, 5) is 28.2. The Morgan fingerprint density at radius 3 is 2.67 bits per heavy atom. The summed E-state index contributed by atoms with van der Waals surface area (Å²) in [6.07, 6.45) is 4.03. The lowest BCUT2D eigenvalue weighted by Crippen LogP contribution is -2.32.